The van der Waals surface area contributed by atoms with E-state index < -0.39 is 24.0 Å². The maximum Gasteiger partial charge on any atom is 0.321 e. The van der Waals surface area contributed by atoms with Crippen molar-refractivity contribution in [3.63, 3.8) is 0 Å². The van der Waals surface area contributed by atoms with Gasteiger partial charge in [-0.2, -0.15) is 0 Å². The van der Waals surface area contributed by atoms with Crippen molar-refractivity contribution < 1.29 is 19.8 Å². The minimum absolute atomic E-state index is 0. The van der Waals surface area contributed by atoms with Gasteiger partial charge in [0, 0.05) is 11.5 Å². The summed E-state index contributed by atoms with van der Waals surface area (Å²) in [5, 5.41) is 16.8. The molecule has 0 aliphatic carbocycles. The molecule has 6 N–H and O–H groups in total. The van der Waals surface area contributed by atoms with E-state index in [2.05, 4.69) is 0 Å². The standard InChI is InChI=1S/C6H12N2O4S2.2ClH/c7-3(5(9)10)1-13-14-2-4(8)6(11)12;;/h3-4H,1-2,7-8H2,(H,9,10)(H,11,12);2*1H/t3-,4-;;/m1../s1. The molecule has 0 radical (unpaired) electrons. The quantitative estimate of drug-likeness (QED) is 0.383. The Morgan fingerprint density at radius 2 is 1.19 bits per heavy atom. The number of carbonyl (C=O) groups is 2. The first-order valence-corrected chi connectivity index (χ1v) is 6.15. The number of nitrogens with two attached hydrogens (primary N) is 2. The smallest absolute Gasteiger partial charge is 0.321 e. The van der Waals surface area contributed by atoms with Gasteiger partial charge < -0.3 is 21.7 Å². The third-order valence-corrected chi connectivity index (χ3v) is 3.69. The highest BCUT2D eigenvalue weighted by molar-refractivity contribution is 8.76. The highest BCUT2D eigenvalue weighted by Gasteiger charge is 2.14. The van der Waals surface area contributed by atoms with Crippen molar-refractivity contribution in [3.05, 3.63) is 0 Å². The highest BCUT2D eigenvalue weighted by Crippen LogP contribution is 2.22. The molecule has 0 rings (SSSR count). The monoisotopic (exact) mass is 312 g/mol. The maximum absolute atomic E-state index is 10.3. The average Bonchev–Trinajstić information content (AvgIpc) is 2.11. The number of carboxylic acid groups (broad SMARTS) is 2. The molecule has 10 heteroatoms. The maximum atomic E-state index is 10.3. The Bertz CT molecular complexity index is 201. The Balaban J connectivity index is -0.000000845. The summed E-state index contributed by atoms with van der Waals surface area (Å²) in [5.41, 5.74) is 10.4. The SMILES string of the molecule is Cl.Cl.N[C@H](CSSC[C@@H](N)C(=O)O)C(=O)O. The van der Waals surface area contributed by atoms with Crippen LogP contribution >= 0.6 is 46.4 Å². The predicted molar refractivity (Wildman–Crippen MR) is 70.6 cm³/mol. The second kappa shape index (κ2) is 11.6. The van der Waals surface area contributed by atoms with Gasteiger partial charge in [-0.1, -0.05) is 21.6 Å². The molecule has 0 aromatic heterocycles. The lowest BCUT2D eigenvalue weighted by molar-refractivity contribution is -0.138. The topological polar surface area (TPSA) is 127 Å². The van der Waals surface area contributed by atoms with E-state index in [0.29, 0.717) is 0 Å². The van der Waals surface area contributed by atoms with Gasteiger partial charge in [-0.15, -0.1) is 24.8 Å². The van der Waals surface area contributed by atoms with Crippen molar-refractivity contribution in [1.82, 2.24) is 0 Å². The minimum Gasteiger partial charge on any atom is -0.480 e. The summed E-state index contributed by atoms with van der Waals surface area (Å²) in [6.45, 7) is 0. The number of aliphatic carboxylic acids is 2. The van der Waals surface area contributed by atoms with Crippen LogP contribution in [0.1, 0.15) is 0 Å². The Kier molecular flexibility index (Phi) is 15.6. The first-order chi connectivity index (χ1) is 6.45. The first kappa shape index (κ1) is 21.4. The van der Waals surface area contributed by atoms with Crippen LogP contribution in [0, 0.1) is 0 Å². The molecule has 0 aromatic rings. The van der Waals surface area contributed by atoms with Crippen molar-refractivity contribution in [2.24, 2.45) is 11.5 Å². The Hall–Kier alpha value is 0.140. The van der Waals surface area contributed by atoms with Crippen LogP contribution in [0.4, 0.5) is 0 Å². The van der Waals surface area contributed by atoms with E-state index in [-0.39, 0.29) is 36.3 Å². The van der Waals surface area contributed by atoms with E-state index in [9.17, 15) is 9.59 Å². The number of hydrogen-bond acceptors (Lipinski definition) is 6. The largest absolute Gasteiger partial charge is 0.480 e. The third kappa shape index (κ3) is 10.7. The lowest BCUT2D eigenvalue weighted by Crippen LogP contribution is -2.33. The summed E-state index contributed by atoms with van der Waals surface area (Å²) in [6.07, 6.45) is 0. The van der Waals surface area contributed by atoms with Crippen LogP contribution in [-0.4, -0.2) is 45.7 Å². The molecular weight excluding hydrogens is 299 g/mol. The normalized spacial score (nSPS) is 12.9. The van der Waals surface area contributed by atoms with E-state index in [1.165, 1.54) is 21.6 Å². The van der Waals surface area contributed by atoms with Gasteiger partial charge in [-0.05, 0) is 0 Å². The Morgan fingerprint density at radius 3 is 1.38 bits per heavy atom. The lowest BCUT2D eigenvalue weighted by atomic mass is 10.4. The summed E-state index contributed by atoms with van der Waals surface area (Å²) in [5.74, 6) is -1.68. The fourth-order valence-electron chi connectivity index (χ4n) is 0.385. The fraction of sp³-hybridized carbons (Fsp3) is 0.667. The fourth-order valence-corrected chi connectivity index (χ4v) is 2.61. The summed E-state index contributed by atoms with van der Waals surface area (Å²) >= 11 is 0. The number of hydrogen-bond donors (Lipinski definition) is 4. The zero-order valence-electron chi connectivity index (χ0n) is 8.07. The van der Waals surface area contributed by atoms with Gasteiger partial charge in [-0.3, -0.25) is 9.59 Å². The second-order valence-corrected chi connectivity index (χ2v) is 5.01. The molecule has 0 saturated heterocycles. The van der Waals surface area contributed by atoms with Gasteiger partial charge in [-0.25, -0.2) is 0 Å². The molecule has 0 spiro atoms. The van der Waals surface area contributed by atoms with E-state index in [1.54, 1.807) is 0 Å². The minimum atomic E-state index is -1.07. The van der Waals surface area contributed by atoms with Crippen LogP contribution in [0.25, 0.3) is 0 Å². The van der Waals surface area contributed by atoms with E-state index in [0.717, 1.165) is 0 Å². The number of carboxylic acids is 2. The molecule has 0 amide bonds. The van der Waals surface area contributed by atoms with Crippen molar-refractivity contribution >= 4 is 58.3 Å². The zero-order chi connectivity index (χ0) is 11.1. The first-order valence-electron chi connectivity index (χ1n) is 3.66. The number of halogens is 2. The van der Waals surface area contributed by atoms with Gasteiger partial charge in [0.15, 0.2) is 0 Å². The summed E-state index contributed by atoms with van der Waals surface area (Å²) in [4.78, 5) is 20.5. The van der Waals surface area contributed by atoms with Gasteiger partial charge in [0.05, 0.1) is 0 Å². The Labute approximate surface area is 113 Å². The molecule has 98 valence electrons. The van der Waals surface area contributed by atoms with E-state index in [1.807, 2.05) is 0 Å². The summed E-state index contributed by atoms with van der Waals surface area (Å²) < 4.78 is 0. The Morgan fingerprint density at radius 1 is 0.938 bits per heavy atom. The second-order valence-electron chi connectivity index (χ2n) is 2.46. The molecule has 0 unspecified atom stereocenters. The molecule has 0 aliphatic heterocycles. The highest BCUT2D eigenvalue weighted by atomic mass is 35.5. The van der Waals surface area contributed by atoms with Gasteiger partial charge in [0.25, 0.3) is 0 Å². The third-order valence-electron chi connectivity index (χ3n) is 1.21. The van der Waals surface area contributed by atoms with Crippen LogP contribution in [0.15, 0.2) is 0 Å². The predicted octanol–water partition coefficient (Wildman–Crippen LogP) is 0.0352. The molecule has 2 atom stereocenters. The molecule has 0 bridgehead atoms. The van der Waals surface area contributed by atoms with Crippen molar-refractivity contribution in [2.45, 2.75) is 12.1 Å². The zero-order valence-corrected chi connectivity index (χ0v) is 11.3. The van der Waals surface area contributed by atoms with Crippen molar-refractivity contribution in [3.8, 4) is 0 Å². The van der Waals surface area contributed by atoms with Crippen molar-refractivity contribution in [2.75, 3.05) is 11.5 Å². The van der Waals surface area contributed by atoms with Crippen LogP contribution in [0.3, 0.4) is 0 Å². The van der Waals surface area contributed by atoms with Crippen molar-refractivity contribution in [1.29, 1.82) is 0 Å². The van der Waals surface area contributed by atoms with Crippen LogP contribution in [-0.2, 0) is 9.59 Å². The van der Waals surface area contributed by atoms with Gasteiger partial charge >= 0.3 is 11.9 Å². The molecular formula is C6H14Cl2N2O4S2. The van der Waals surface area contributed by atoms with Crippen LogP contribution < -0.4 is 11.5 Å². The van der Waals surface area contributed by atoms with E-state index in [4.69, 9.17) is 21.7 Å². The molecule has 16 heavy (non-hydrogen) atoms. The van der Waals surface area contributed by atoms with Crippen LogP contribution in [0.5, 0.6) is 0 Å². The van der Waals surface area contributed by atoms with E-state index >= 15 is 0 Å². The summed E-state index contributed by atoms with van der Waals surface area (Å²) in [7, 11) is 2.41. The van der Waals surface area contributed by atoms with Gasteiger partial charge in [0.2, 0.25) is 0 Å². The lowest BCUT2D eigenvalue weighted by Gasteiger charge is -2.07. The molecule has 6 nitrogen and oxygen atoms in total. The molecule has 0 aliphatic rings. The van der Waals surface area contributed by atoms with Crippen LogP contribution in [0.2, 0.25) is 0 Å². The van der Waals surface area contributed by atoms with Gasteiger partial charge in [0.1, 0.15) is 12.1 Å². The number of rotatable bonds is 7. The molecule has 0 heterocycles. The summed E-state index contributed by atoms with van der Waals surface area (Å²) in [6, 6.07) is -1.85. The average molecular weight is 313 g/mol. The molecule has 0 aromatic carbocycles. The molecule has 0 saturated carbocycles. The molecule has 0 fully saturated rings.